The van der Waals surface area contributed by atoms with Gasteiger partial charge >= 0.3 is 6.01 Å². The highest BCUT2D eigenvalue weighted by molar-refractivity contribution is 5.45. The van der Waals surface area contributed by atoms with E-state index in [1.807, 2.05) is 0 Å². The SMILES string of the molecule is Nc1cc2oc(N)nn2n1. The Labute approximate surface area is 55.4 Å². The molecule has 10 heavy (non-hydrogen) atoms. The number of hydrogen-bond donors (Lipinski definition) is 2. The van der Waals surface area contributed by atoms with Crippen molar-refractivity contribution in [1.82, 2.24) is 14.8 Å². The minimum absolute atomic E-state index is 0.0856. The molecule has 0 radical (unpaired) electrons. The molecule has 2 rings (SSSR count). The third-order valence-corrected chi connectivity index (χ3v) is 1.08. The number of hydrogen-bond acceptors (Lipinski definition) is 5. The normalized spacial score (nSPS) is 10.8. The van der Waals surface area contributed by atoms with Crippen molar-refractivity contribution in [1.29, 1.82) is 0 Å². The van der Waals surface area contributed by atoms with Crippen LogP contribution in [0.2, 0.25) is 0 Å². The third kappa shape index (κ3) is 0.524. The Kier molecular flexibility index (Phi) is 0.717. The summed E-state index contributed by atoms with van der Waals surface area (Å²) >= 11 is 0. The first-order valence-corrected chi connectivity index (χ1v) is 2.63. The molecule has 0 fully saturated rings. The average Bonchev–Trinajstić information content (AvgIpc) is 2.21. The van der Waals surface area contributed by atoms with Gasteiger partial charge in [-0.25, -0.2) is 0 Å². The minimum atomic E-state index is 0.0856. The Hall–Kier alpha value is -1.72. The summed E-state index contributed by atoms with van der Waals surface area (Å²) in [7, 11) is 0. The molecule has 0 saturated heterocycles. The van der Waals surface area contributed by atoms with Gasteiger partial charge in [-0.1, -0.05) is 5.10 Å². The van der Waals surface area contributed by atoms with Crippen LogP contribution in [0.3, 0.4) is 0 Å². The fourth-order valence-electron chi connectivity index (χ4n) is 0.735. The first-order chi connectivity index (χ1) is 4.75. The monoisotopic (exact) mass is 139 g/mol. The largest absolute Gasteiger partial charge is 0.404 e. The lowest BCUT2D eigenvalue weighted by molar-refractivity contribution is 0.623. The molecule has 2 heterocycles. The second-order valence-electron chi connectivity index (χ2n) is 1.84. The molecule has 0 spiro atoms. The van der Waals surface area contributed by atoms with Gasteiger partial charge in [0.25, 0.3) is 0 Å². The molecule has 2 aromatic rings. The number of nitrogens with two attached hydrogens (primary N) is 2. The van der Waals surface area contributed by atoms with Gasteiger partial charge in [-0.3, -0.25) is 0 Å². The van der Waals surface area contributed by atoms with E-state index in [0.29, 0.717) is 11.5 Å². The molecule has 52 valence electrons. The van der Waals surface area contributed by atoms with Gasteiger partial charge in [0.15, 0.2) is 5.82 Å². The highest BCUT2D eigenvalue weighted by Gasteiger charge is 2.03. The number of nitrogens with zero attached hydrogens (tertiary/aromatic N) is 3. The van der Waals surface area contributed by atoms with Gasteiger partial charge in [0.05, 0.1) is 0 Å². The Morgan fingerprint density at radius 3 is 2.90 bits per heavy atom. The zero-order valence-electron chi connectivity index (χ0n) is 4.98. The molecule has 0 saturated carbocycles. The minimum Gasteiger partial charge on any atom is -0.404 e. The highest BCUT2D eigenvalue weighted by Crippen LogP contribution is 2.09. The van der Waals surface area contributed by atoms with Crippen LogP contribution in [-0.4, -0.2) is 14.8 Å². The summed E-state index contributed by atoms with van der Waals surface area (Å²) in [6.45, 7) is 0. The van der Waals surface area contributed by atoms with Gasteiger partial charge in [0, 0.05) is 6.07 Å². The number of nitrogen functional groups attached to an aromatic ring is 2. The molecule has 0 aliphatic rings. The smallest absolute Gasteiger partial charge is 0.313 e. The van der Waals surface area contributed by atoms with Crippen molar-refractivity contribution in [2.75, 3.05) is 11.5 Å². The fourth-order valence-corrected chi connectivity index (χ4v) is 0.735. The maximum atomic E-state index is 5.31. The molecule has 0 aliphatic carbocycles. The molecule has 0 atom stereocenters. The van der Waals surface area contributed by atoms with Crippen LogP contribution < -0.4 is 11.5 Å². The lowest BCUT2D eigenvalue weighted by atomic mass is 10.6. The molecular formula is C4H5N5O. The molecule has 0 unspecified atom stereocenters. The van der Waals surface area contributed by atoms with Crippen LogP contribution in [-0.2, 0) is 0 Å². The molecule has 4 N–H and O–H groups in total. The van der Waals surface area contributed by atoms with E-state index in [4.69, 9.17) is 15.9 Å². The number of aromatic nitrogens is 3. The van der Waals surface area contributed by atoms with E-state index in [9.17, 15) is 0 Å². The third-order valence-electron chi connectivity index (χ3n) is 1.08. The van der Waals surface area contributed by atoms with Gasteiger partial charge in [0.2, 0.25) is 5.71 Å². The Morgan fingerprint density at radius 2 is 2.20 bits per heavy atom. The summed E-state index contributed by atoms with van der Waals surface area (Å²) in [5.41, 5.74) is 11.0. The van der Waals surface area contributed by atoms with E-state index in [1.54, 1.807) is 6.07 Å². The van der Waals surface area contributed by atoms with Gasteiger partial charge in [-0.05, 0) is 0 Å². The number of fused-ring (bicyclic) bond motifs is 1. The van der Waals surface area contributed by atoms with E-state index in [0.717, 1.165) is 0 Å². The molecule has 0 bridgehead atoms. The van der Waals surface area contributed by atoms with E-state index < -0.39 is 0 Å². The van der Waals surface area contributed by atoms with Crippen LogP contribution in [0.5, 0.6) is 0 Å². The van der Waals surface area contributed by atoms with Crippen LogP contribution >= 0.6 is 0 Å². The number of anilines is 2. The maximum Gasteiger partial charge on any atom is 0.313 e. The standard InChI is InChI=1S/C4H5N5O/c5-2-1-3-9(7-2)8-4(6)10-3/h1H,(H2,5,7)(H2,6,8). The molecule has 6 heteroatoms. The van der Waals surface area contributed by atoms with Crippen molar-refractivity contribution in [2.45, 2.75) is 0 Å². The van der Waals surface area contributed by atoms with E-state index >= 15 is 0 Å². The van der Waals surface area contributed by atoms with E-state index in [2.05, 4.69) is 10.2 Å². The molecule has 6 nitrogen and oxygen atoms in total. The summed E-state index contributed by atoms with van der Waals surface area (Å²) in [6.07, 6.45) is 0. The molecule has 0 aliphatic heterocycles. The van der Waals surface area contributed by atoms with Crippen molar-refractivity contribution in [2.24, 2.45) is 0 Å². The average molecular weight is 139 g/mol. The Bertz CT molecular complexity index is 297. The quantitative estimate of drug-likeness (QED) is 0.512. The maximum absolute atomic E-state index is 5.31. The summed E-state index contributed by atoms with van der Waals surface area (Å²) in [4.78, 5) is 0. The predicted octanol–water partition coefficient (Wildman–Crippen LogP) is -0.513. The van der Waals surface area contributed by atoms with Crippen LogP contribution in [0.1, 0.15) is 0 Å². The summed E-state index contributed by atoms with van der Waals surface area (Å²) in [5.74, 6) is 0.367. The highest BCUT2D eigenvalue weighted by atomic mass is 16.4. The molecular weight excluding hydrogens is 134 g/mol. The Morgan fingerprint density at radius 1 is 1.40 bits per heavy atom. The van der Waals surface area contributed by atoms with Crippen molar-refractivity contribution >= 4 is 17.5 Å². The topological polar surface area (TPSA) is 95.4 Å². The van der Waals surface area contributed by atoms with Crippen molar-refractivity contribution in [3.8, 4) is 0 Å². The summed E-state index contributed by atoms with van der Waals surface area (Å²) in [6, 6.07) is 1.63. The van der Waals surface area contributed by atoms with E-state index in [-0.39, 0.29) is 6.01 Å². The van der Waals surface area contributed by atoms with Gasteiger partial charge in [0.1, 0.15) is 0 Å². The summed E-state index contributed by atoms with van der Waals surface area (Å²) < 4.78 is 6.12. The van der Waals surface area contributed by atoms with Crippen molar-refractivity contribution < 1.29 is 4.42 Å². The van der Waals surface area contributed by atoms with Crippen LogP contribution in [0.15, 0.2) is 10.5 Å². The number of rotatable bonds is 0. The van der Waals surface area contributed by atoms with Crippen LogP contribution in [0.25, 0.3) is 5.71 Å². The van der Waals surface area contributed by atoms with E-state index in [1.165, 1.54) is 4.63 Å². The molecule has 0 amide bonds. The lowest BCUT2D eigenvalue weighted by Gasteiger charge is -1.74. The molecule has 0 aromatic carbocycles. The summed E-state index contributed by atoms with van der Waals surface area (Å²) in [5, 5.41) is 7.41. The first kappa shape index (κ1) is 5.10. The lowest BCUT2D eigenvalue weighted by Crippen LogP contribution is -1.92. The second kappa shape index (κ2) is 1.41. The molecule has 2 aromatic heterocycles. The predicted molar refractivity (Wildman–Crippen MR) is 34.1 cm³/mol. The van der Waals surface area contributed by atoms with Gasteiger partial charge in [-0.2, -0.15) is 0 Å². The zero-order valence-corrected chi connectivity index (χ0v) is 4.98. The Balaban J connectivity index is 2.83. The van der Waals surface area contributed by atoms with Crippen LogP contribution in [0.4, 0.5) is 11.8 Å². The first-order valence-electron chi connectivity index (χ1n) is 2.63. The van der Waals surface area contributed by atoms with Crippen molar-refractivity contribution in [3.05, 3.63) is 6.07 Å². The fraction of sp³-hybridized carbons (Fsp3) is 0. The van der Waals surface area contributed by atoms with Crippen molar-refractivity contribution in [3.63, 3.8) is 0 Å². The van der Waals surface area contributed by atoms with Gasteiger partial charge < -0.3 is 15.9 Å². The van der Waals surface area contributed by atoms with Gasteiger partial charge in [-0.15, -0.1) is 9.73 Å². The van der Waals surface area contributed by atoms with Crippen LogP contribution in [0, 0.1) is 0 Å². The second-order valence-corrected chi connectivity index (χ2v) is 1.84. The zero-order chi connectivity index (χ0) is 7.14.